The minimum absolute atomic E-state index is 0.697. The molecule has 0 N–H and O–H groups in total. The predicted molar refractivity (Wildman–Crippen MR) is 78.6 cm³/mol. The number of rotatable bonds is 4. The average molecular weight is 262 g/mol. The third-order valence-corrected chi connectivity index (χ3v) is 3.25. The number of hydrogen-bond donors (Lipinski definition) is 0. The lowest BCUT2D eigenvalue weighted by Crippen LogP contribution is -2.00. The molecule has 0 saturated heterocycles. The first kappa shape index (κ1) is 12.4. The van der Waals surface area contributed by atoms with Gasteiger partial charge in [-0.2, -0.15) is 0 Å². The van der Waals surface area contributed by atoms with E-state index in [9.17, 15) is 4.79 Å². The van der Waals surface area contributed by atoms with Gasteiger partial charge in [-0.3, -0.25) is 4.79 Å². The summed E-state index contributed by atoms with van der Waals surface area (Å²) in [5, 5.41) is 0. The van der Waals surface area contributed by atoms with Gasteiger partial charge in [0.2, 0.25) is 0 Å². The molecule has 1 heterocycles. The second-order valence-electron chi connectivity index (χ2n) is 4.63. The molecule has 3 heteroatoms. The molecule has 0 amide bonds. The first-order valence-corrected chi connectivity index (χ1v) is 6.46. The second-order valence-corrected chi connectivity index (χ2v) is 4.63. The van der Waals surface area contributed by atoms with Gasteiger partial charge in [0.25, 0.3) is 0 Å². The Balaban J connectivity index is 1.88. The number of carbonyl (C=O) groups is 1. The molecule has 0 radical (unpaired) electrons. The van der Waals surface area contributed by atoms with Crippen molar-refractivity contribution in [1.82, 2.24) is 9.55 Å². The van der Waals surface area contributed by atoms with E-state index in [1.165, 1.54) is 0 Å². The Bertz CT molecular complexity index is 699. The van der Waals surface area contributed by atoms with Crippen LogP contribution in [-0.4, -0.2) is 15.8 Å². The zero-order chi connectivity index (χ0) is 13.8. The predicted octanol–water partition coefficient (Wildman–Crippen LogP) is 3.41. The van der Waals surface area contributed by atoms with Gasteiger partial charge in [-0.1, -0.05) is 54.6 Å². The topological polar surface area (TPSA) is 34.9 Å². The lowest BCUT2D eigenvalue weighted by atomic mass is 10.1. The second kappa shape index (κ2) is 5.53. The van der Waals surface area contributed by atoms with E-state index in [1.807, 2.05) is 55.0 Å². The largest absolute Gasteiger partial charge is 0.326 e. The molecule has 0 aliphatic heterocycles. The van der Waals surface area contributed by atoms with Crippen molar-refractivity contribution in [2.75, 3.05) is 0 Å². The highest BCUT2D eigenvalue weighted by Crippen LogP contribution is 2.19. The lowest BCUT2D eigenvalue weighted by Gasteiger charge is -2.08. The highest BCUT2D eigenvalue weighted by atomic mass is 16.1. The minimum atomic E-state index is 0.697. The molecule has 0 bridgehead atoms. The maximum atomic E-state index is 10.7. The summed E-state index contributed by atoms with van der Waals surface area (Å²) in [7, 11) is 0. The molecule has 3 nitrogen and oxygen atoms in total. The van der Waals surface area contributed by atoms with E-state index in [2.05, 4.69) is 21.7 Å². The van der Waals surface area contributed by atoms with E-state index in [4.69, 9.17) is 0 Å². The molecule has 20 heavy (non-hydrogen) atoms. The first-order chi connectivity index (χ1) is 9.86. The lowest BCUT2D eigenvalue weighted by molar-refractivity contribution is 0.112. The number of hydrogen-bond acceptors (Lipinski definition) is 2. The summed E-state index contributed by atoms with van der Waals surface area (Å²) in [6.45, 7) is 0.739. The van der Waals surface area contributed by atoms with Crippen molar-refractivity contribution >= 4 is 6.29 Å². The van der Waals surface area contributed by atoms with E-state index in [1.54, 1.807) is 0 Å². The standard InChI is InChI=1S/C17H14N2O/c20-12-15-8-6-14(7-9-15)11-19-13-18-10-17(19)16-4-2-1-3-5-16/h1-10,12-13H,11H2. The molecule has 1 aromatic heterocycles. The quantitative estimate of drug-likeness (QED) is 0.675. The molecule has 0 aliphatic rings. The van der Waals surface area contributed by atoms with E-state index in [-0.39, 0.29) is 0 Å². The Kier molecular flexibility index (Phi) is 3.42. The van der Waals surface area contributed by atoms with Crippen LogP contribution in [0.1, 0.15) is 15.9 Å². The number of carbonyl (C=O) groups excluding carboxylic acids is 1. The molecule has 0 spiro atoms. The average Bonchev–Trinajstić information content (AvgIpc) is 2.97. The van der Waals surface area contributed by atoms with Crippen molar-refractivity contribution in [3.05, 3.63) is 78.2 Å². The van der Waals surface area contributed by atoms with Crippen LogP contribution in [0.15, 0.2) is 67.1 Å². The molecule has 3 rings (SSSR count). The van der Waals surface area contributed by atoms with Crippen LogP contribution in [0.2, 0.25) is 0 Å². The van der Waals surface area contributed by atoms with Crippen LogP contribution in [0, 0.1) is 0 Å². The summed E-state index contributed by atoms with van der Waals surface area (Å²) >= 11 is 0. The van der Waals surface area contributed by atoms with Crippen molar-refractivity contribution in [3.8, 4) is 11.3 Å². The van der Waals surface area contributed by atoms with Crippen LogP contribution in [0.25, 0.3) is 11.3 Å². The van der Waals surface area contributed by atoms with Crippen molar-refractivity contribution < 1.29 is 4.79 Å². The van der Waals surface area contributed by atoms with Gasteiger partial charge in [-0.05, 0) is 11.1 Å². The molecule has 2 aromatic carbocycles. The van der Waals surface area contributed by atoms with Crippen molar-refractivity contribution in [3.63, 3.8) is 0 Å². The van der Waals surface area contributed by atoms with Gasteiger partial charge in [0, 0.05) is 12.1 Å². The van der Waals surface area contributed by atoms with Gasteiger partial charge in [-0.15, -0.1) is 0 Å². The monoisotopic (exact) mass is 262 g/mol. The fraction of sp³-hybridized carbons (Fsp3) is 0.0588. The molecule has 0 atom stereocenters. The summed E-state index contributed by atoms with van der Waals surface area (Å²) in [6.07, 6.45) is 4.56. The number of imidazole rings is 1. The third kappa shape index (κ3) is 2.52. The molecule has 0 aliphatic carbocycles. The molecule has 0 unspecified atom stereocenters. The van der Waals surface area contributed by atoms with Crippen molar-refractivity contribution in [2.45, 2.75) is 6.54 Å². The normalized spacial score (nSPS) is 10.4. The first-order valence-electron chi connectivity index (χ1n) is 6.46. The number of aromatic nitrogens is 2. The van der Waals surface area contributed by atoms with Gasteiger partial charge >= 0.3 is 0 Å². The highest BCUT2D eigenvalue weighted by Gasteiger charge is 2.05. The highest BCUT2D eigenvalue weighted by molar-refractivity contribution is 5.74. The van der Waals surface area contributed by atoms with Gasteiger partial charge < -0.3 is 4.57 Å². The van der Waals surface area contributed by atoms with Gasteiger partial charge in [0.1, 0.15) is 6.29 Å². The summed E-state index contributed by atoms with van der Waals surface area (Å²) in [5.41, 5.74) is 4.08. The third-order valence-electron chi connectivity index (χ3n) is 3.25. The van der Waals surface area contributed by atoms with Crippen LogP contribution < -0.4 is 0 Å². The van der Waals surface area contributed by atoms with Crippen LogP contribution in [-0.2, 0) is 6.54 Å². The maximum Gasteiger partial charge on any atom is 0.150 e. The SMILES string of the molecule is O=Cc1ccc(Cn2cncc2-c2ccccc2)cc1. The zero-order valence-electron chi connectivity index (χ0n) is 10.9. The van der Waals surface area contributed by atoms with E-state index in [0.717, 1.165) is 29.7 Å². The van der Waals surface area contributed by atoms with E-state index in [0.29, 0.717) is 5.56 Å². The molecular weight excluding hydrogens is 248 g/mol. The molecule has 0 saturated carbocycles. The van der Waals surface area contributed by atoms with Crippen molar-refractivity contribution in [2.24, 2.45) is 0 Å². The van der Waals surface area contributed by atoms with Crippen LogP contribution in [0.3, 0.4) is 0 Å². The number of benzene rings is 2. The summed E-state index contributed by atoms with van der Waals surface area (Å²) in [6, 6.07) is 17.8. The fourth-order valence-corrected chi connectivity index (χ4v) is 2.19. The summed E-state index contributed by atoms with van der Waals surface area (Å²) in [4.78, 5) is 14.9. The fourth-order valence-electron chi connectivity index (χ4n) is 2.19. The maximum absolute atomic E-state index is 10.7. The Labute approximate surface area is 117 Å². The molecule has 0 fully saturated rings. The number of nitrogens with zero attached hydrogens (tertiary/aromatic N) is 2. The molecular formula is C17H14N2O. The van der Waals surface area contributed by atoms with Gasteiger partial charge in [-0.25, -0.2) is 4.98 Å². The molecule has 3 aromatic rings. The van der Waals surface area contributed by atoms with Crippen LogP contribution in [0.5, 0.6) is 0 Å². The Morgan fingerprint density at radius 2 is 1.75 bits per heavy atom. The van der Waals surface area contributed by atoms with E-state index >= 15 is 0 Å². The molecule has 98 valence electrons. The van der Waals surface area contributed by atoms with Crippen LogP contribution >= 0.6 is 0 Å². The van der Waals surface area contributed by atoms with Gasteiger partial charge in [0.05, 0.1) is 18.2 Å². The van der Waals surface area contributed by atoms with Crippen molar-refractivity contribution in [1.29, 1.82) is 0 Å². The van der Waals surface area contributed by atoms with Crippen LogP contribution in [0.4, 0.5) is 0 Å². The zero-order valence-corrected chi connectivity index (χ0v) is 10.9. The Morgan fingerprint density at radius 1 is 1.00 bits per heavy atom. The minimum Gasteiger partial charge on any atom is -0.326 e. The smallest absolute Gasteiger partial charge is 0.150 e. The van der Waals surface area contributed by atoms with Gasteiger partial charge in [0.15, 0.2) is 0 Å². The Morgan fingerprint density at radius 3 is 2.45 bits per heavy atom. The van der Waals surface area contributed by atoms with E-state index < -0.39 is 0 Å². The Hall–Kier alpha value is -2.68. The number of aldehydes is 1. The summed E-state index contributed by atoms with van der Waals surface area (Å²) < 4.78 is 2.10. The summed E-state index contributed by atoms with van der Waals surface area (Å²) in [5.74, 6) is 0.